The van der Waals surface area contributed by atoms with Crippen LogP contribution >= 0.6 is 0 Å². The van der Waals surface area contributed by atoms with Crippen molar-refractivity contribution in [2.75, 3.05) is 28.4 Å². The lowest BCUT2D eigenvalue weighted by Gasteiger charge is -2.12. The molecule has 0 aliphatic heterocycles. The highest BCUT2D eigenvalue weighted by molar-refractivity contribution is 5.88. The third-order valence-electron chi connectivity index (χ3n) is 7.27. The van der Waals surface area contributed by atoms with Gasteiger partial charge < -0.3 is 66.9 Å². The molecular weight excluding hydrogens is 730 g/mol. The van der Waals surface area contributed by atoms with E-state index in [-0.39, 0.29) is 48.0 Å². The summed E-state index contributed by atoms with van der Waals surface area (Å²) in [6.07, 6.45) is 5.80. The molecule has 0 atom stereocenters. The van der Waals surface area contributed by atoms with E-state index in [2.05, 4.69) is 84.2 Å². The molecule has 0 spiro atoms. The molecule has 3 aromatic carbocycles. The lowest BCUT2D eigenvalue weighted by Crippen LogP contribution is -3.00. The predicted molar refractivity (Wildman–Crippen MR) is 149 cm³/mol. The highest BCUT2D eigenvalue weighted by Gasteiger charge is 2.19. The second-order valence-corrected chi connectivity index (χ2v) is 9.51. The molecule has 5 rings (SSSR count). The van der Waals surface area contributed by atoms with Gasteiger partial charge in [0.1, 0.15) is 14.1 Å². The first-order valence-corrected chi connectivity index (χ1v) is 12.6. The van der Waals surface area contributed by atoms with Crippen LogP contribution in [0.4, 0.5) is 0 Å². The first kappa shape index (κ1) is 31.7. The number of ether oxygens (including phenoxy) is 4. The molecule has 2 heterocycles. The van der Waals surface area contributed by atoms with Crippen molar-refractivity contribution < 1.29 is 76.0 Å². The highest BCUT2D eigenvalue weighted by Crippen LogP contribution is 2.34. The Hall–Kier alpha value is -2.86. The Balaban J connectivity index is 0.00000220. The molecule has 0 aliphatic carbocycles. The average molecular weight is 764 g/mol. The summed E-state index contributed by atoms with van der Waals surface area (Å²) in [6.45, 7) is 0. The van der Waals surface area contributed by atoms with Crippen molar-refractivity contribution in [2.24, 2.45) is 14.1 Å². The Morgan fingerprint density at radius 3 is 1.27 bits per heavy atom. The first-order valence-electron chi connectivity index (χ1n) is 12.6. The number of rotatable bonds is 8. The molecule has 0 unspecified atom stereocenters. The number of aryl methyl sites for hydroxylation is 2. The van der Waals surface area contributed by atoms with Crippen molar-refractivity contribution >= 4 is 21.5 Å². The summed E-state index contributed by atoms with van der Waals surface area (Å²) in [5.74, 6) is 2.94. The molecule has 0 radical (unpaired) electrons. The zero-order valence-electron chi connectivity index (χ0n) is 23.6. The summed E-state index contributed by atoms with van der Waals surface area (Å²) >= 11 is 0. The zero-order valence-corrected chi connectivity index (χ0v) is 27.9. The first-order chi connectivity index (χ1) is 18.4. The zero-order chi connectivity index (χ0) is 26.8. The van der Waals surface area contributed by atoms with Gasteiger partial charge in [-0.05, 0) is 46.2 Å². The van der Waals surface area contributed by atoms with Gasteiger partial charge in [-0.15, -0.1) is 0 Å². The topological polar surface area (TPSA) is 44.7 Å². The fourth-order valence-electron chi connectivity index (χ4n) is 5.19. The molecule has 0 fully saturated rings. The summed E-state index contributed by atoms with van der Waals surface area (Å²) in [7, 11) is 10.9. The van der Waals surface area contributed by atoms with E-state index in [1.807, 2.05) is 12.1 Å². The molecule has 0 bridgehead atoms. The Kier molecular flexibility index (Phi) is 10.8. The fourth-order valence-corrected chi connectivity index (χ4v) is 5.19. The summed E-state index contributed by atoms with van der Waals surface area (Å²) in [5.41, 5.74) is 4.94. The van der Waals surface area contributed by atoms with Crippen LogP contribution < -0.4 is 76.0 Å². The van der Waals surface area contributed by atoms with Gasteiger partial charge in [-0.25, -0.2) is 9.13 Å². The largest absolute Gasteiger partial charge is 1.00 e. The van der Waals surface area contributed by atoms with Crippen molar-refractivity contribution in [2.45, 2.75) is 12.8 Å². The number of halogens is 2. The second kappa shape index (κ2) is 13.7. The van der Waals surface area contributed by atoms with Crippen LogP contribution in [-0.2, 0) is 26.9 Å². The van der Waals surface area contributed by atoms with Gasteiger partial charge in [0, 0.05) is 12.1 Å². The van der Waals surface area contributed by atoms with E-state index in [9.17, 15) is 0 Å². The fraction of sp³-hybridized carbons (Fsp3) is 0.250. The lowest BCUT2D eigenvalue weighted by molar-refractivity contribution is -0.677. The second-order valence-electron chi connectivity index (χ2n) is 9.51. The Morgan fingerprint density at radius 1 is 0.525 bits per heavy atom. The molecule has 210 valence electrons. The number of pyridine rings is 2. The van der Waals surface area contributed by atoms with Crippen LogP contribution in [0.2, 0.25) is 0 Å². The van der Waals surface area contributed by atoms with Crippen molar-refractivity contribution in [3.63, 3.8) is 0 Å². The van der Waals surface area contributed by atoms with E-state index in [4.69, 9.17) is 18.9 Å². The number of methoxy groups -OCH3 is 4. The molecule has 0 saturated carbocycles. The third-order valence-corrected chi connectivity index (χ3v) is 7.27. The van der Waals surface area contributed by atoms with Gasteiger partial charge in [-0.3, -0.25) is 0 Å². The maximum absolute atomic E-state index is 5.60. The standard InChI is InChI=1S/C32H34N2O4.2HI/c1-33-12-10-23-17-29(35-3)31(37-5)19-25(23)27(33)15-21-8-7-9-22(14-21)16-28-26-20-32(38-6)30(36-4)18-24(26)11-13-34(28)2;;/h7-14,17-20H,15-16H2,1-6H3;2*1H/q+2;;/p-2. The van der Waals surface area contributed by atoms with Gasteiger partial charge in [-0.2, -0.15) is 0 Å². The molecule has 5 aromatic rings. The highest BCUT2D eigenvalue weighted by atomic mass is 127. The molecule has 0 amide bonds. The van der Waals surface area contributed by atoms with Gasteiger partial charge in [-0.1, -0.05) is 24.3 Å². The van der Waals surface area contributed by atoms with E-state index in [1.165, 1.54) is 22.5 Å². The smallest absolute Gasteiger partial charge is 0.193 e. The van der Waals surface area contributed by atoms with Crippen molar-refractivity contribution in [1.82, 2.24) is 0 Å². The van der Waals surface area contributed by atoms with E-state index >= 15 is 0 Å². The number of nitrogens with zero attached hydrogens (tertiary/aromatic N) is 2. The molecule has 0 saturated heterocycles. The Labute approximate surface area is 269 Å². The van der Waals surface area contributed by atoms with E-state index in [1.54, 1.807) is 28.4 Å². The third kappa shape index (κ3) is 6.22. The number of hydrogen-bond acceptors (Lipinski definition) is 4. The van der Waals surface area contributed by atoms with Crippen molar-refractivity contribution in [3.8, 4) is 23.0 Å². The van der Waals surface area contributed by atoms with Crippen molar-refractivity contribution in [1.29, 1.82) is 0 Å². The minimum atomic E-state index is 0. The molecule has 6 nitrogen and oxygen atoms in total. The quantitative estimate of drug-likeness (QED) is 0.148. The van der Waals surface area contributed by atoms with E-state index in [0.717, 1.165) is 57.4 Å². The van der Waals surface area contributed by atoms with E-state index < -0.39 is 0 Å². The molecule has 40 heavy (non-hydrogen) atoms. The number of hydrogen-bond donors (Lipinski definition) is 0. The Bertz CT molecular complexity index is 1540. The van der Waals surface area contributed by atoms with Crippen LogP contribution in [0.1, 0.15) is 22.5 Å². The number of benzene rings is 3. The van der Waals surface area contributed by atoms with Crippen molar-refractivity contribution in [3.05, 3.63) is 95.6 Å². The molecule has 0 aliphatic rings. The van der Waals surface area contributed by atoms with Crippen LogP contribution in [0.25, 0.3) is 21.5 Å². The minimum Gasteiger partial charge on any atom is -1.00 e. The molecule has 2 aromatic heterocycles. The van der Waals surface area contributed by atoms with Gasteiger partial charge >= 0.3 is 0 Å². The summed E-state index contributed by atoms with van der Waals surface area (Å²) in [5, 5.41) is 4.55. The molecule has 8 heteroatoms. The summed E-state index contributed by atoms with van der Waals surface area (Å²) in [6, 6.07) is 21.3. The molecule has 0 N–H and O–H groups in total. The monoisotopic (exact) mass is 764 g/mol. The Morgan fingerprint density at radius 2 is 0.900 bits per heavy atom. The minimum absolute atomic E-state index is 0. The van der Waals surface area contributed by atoms with Gasteiger partial charge in [0.15, 0.2) is 46.8 Å². The van der Waals surface area contributed by atoms with Gasteiger partial charge in [0.05, 0.1) is 52.1 Å². The summed E-state index contributed by atoms with van der Waals surface area (Å²) < 4.78 is 26.6. The van der Waals surface area contributed by atoms with Gasteiger partial charge in [0.25, 0.3) is 0 Å². The number of aromatic nitrogens is 2. The lowest BCUT2D eigenvalue weighted by atomic mass is 9.98. The van der Waals surface area contributed by atoms with Crippen LogP contribution in [0.3, 0.4) is 0 Å². The maximum Gasteiger partial charge on any atom is 0.193 e. The normalized spacial score (nSPS) is 10.6. The maximum atomic E-state index is 5.60. The van der Waals surface area contributed by atoms with Crippen LogP contribution in [0, 0.1) is 0 Å². The summed E-state index contributed by atoms with van der Waals surface area (Å²) in [4.78, 5) is 0. The molecular formula is C32H34I2N2O4. The number of fused-ring (bicyclic) bond motifs is 2. The van der Waals surface area contributed by atoms with Crippen LogP contribution in [0.5, 0.6) is 23.0 Å². The predicted octanol–water partition coefficient (Wildman–Crippen LogP) is -1.13. The van der Waals surface area contributed by atoms with Gasteiger partial charge in [0.2, 0.25) is 0 Å². The van der Waals surface area contributed by atoms with Crippen LogP contribution in [0.15, 0.2) is 73.1 Å². The van der Waals surface area contributed by atoms with Crippen LogP contribution in [-0.4, -0.2) is 28.4 Å². The SMILES string of the molecule is COc1cc2cc[n+](C)c(Cc3cccc(Cc4c5cc(OC)c(OC)cc5cc[n+]4C)c3)c2cc1OC.[I-].[I-]. The van der Waals surface area contributed by atoms with E-state index in [0.29, 0.717) is 0 Å². The average Bonchev–Trinajstić information content (AvgIpc) is 2.94.